The van der Waals surface area contributed by atoms with E-state index >= 15 is 0 Å². The SMILES string of the molecule is C=CCN(CC)S(=O)(=O)c1cc(N)ccc1CC. The molecule has 0 aromatic heterocycles. The summed E-state index contributed by atoms with van der Waals surface area (Å²) in [6, 6.07) is 5.02. The van der Waals surface area contributed by atoms with Crippen molar-refractivity contribution in [2.45, 2.75) is 25.2 Å². The van der Waals surface area contributed by atoms with Gasteiger partial charge in [-0.05, 0) is 24.1 Å². The van der Waals surface area contributed by atoms with E-state index in [1.54, 1.807) is 25.1 Å². The minimum Gasteiger partial charge on any atom is -0.399 e. The number of nitrogens with zero attached hydrogens (tertiary/aromatic N) is 1. The monoisotopic (exact) mass is 268 g/mol. The standard InChI is InChI=1S/C13H20N2O2S/c1-4-9-15(6-3)18(16,17)13-10-12(14)8-7-11(13)5-2/h4,7-8,10H,1,5-6,9,14H2,2-3H3. The number of hydrogen-bond donors (Lipinski definition) is 1. The lowest BCUT2D eigenvalue weighted by molar-refractivity contribution is 0.459. The van der Waals surface area contributed by atoms with Crippen LogP contribution < -0.4 is 5.73 Å². The third kappa shape index (κ3) is 2.91. The first-order chi connectivity index (χ1) is 8.47. The molecule has 18 heavy (non-hydrogen) atoms. The molecule has 5 heteroatoms. The largest absolute Gasteiger partial charge is 0.399 e. The normalized spacial score (nSPS) is 11.7. The van der Waals surface area contributed by atoms with E-state index in [9.17, 15) is 8.42 Å². The van der Waals surface area contributed by atoms with E-state index in [4.69, 9.17) is 5.73 Å². The predicted octanol–water partition coefficient (Wildman–Crippen LogP) is 2.03. The fourth-order valence-electron chi connectivity index (χ4n) is 1.78. The van der Waals surface area contributed by atoms with E-state index in [-0.39, 0.29) is 0 Å². The molecule has 0 saturated carbocycles. The van der Waals surface area contributed by atoms with Gasteiger partial charge in [-0.3, -0.25) is 0 Å². The fraction of sp³-hybridized carbons (Fsp3) is 0.385. The lowest BCUT2D eigenvalue weighted by atomic mass is 10.1. The van der Waals surface area contributed by atoms with Gasteiger partial charge >= 0.3 is 0 Å². The minimum absolute atomic E-state index is 0.300. The molecule has 0 aliphatic heterocycles. The average molecular weight is 268 g/mol. The Morgan fingerprint density at radius 2 is 2.06 bits per heavy atom. The van der Waals surface area contributed by atoms with Crippen LogP contribution in [0.2, 0.25) is 0 Å². The van der Waals surface area contributed by atoms with Gasteiger partial charge in [-0.1, -0.05) is 26.0 Å². The first kappa shape index (κ1) is 14.7. The van der Waals surface area contributed by atoms with Gasteiger partial charge in [0.1, 0.15) is 0 Å². The zero-order valence-electron chi connectivity index (χ0n) is 10.9. The van der Waals surface area contributed by atoms with Gasteiger partial charge in [0.05, 0.1) is 4.90 Å². The predicted molar refractivity (Wildman–Crippen MR) is 74.9 cm³/mol. The van der Waals surface area contributed by atoms with Crippen molar-refractivity contribution in [3.05, 3.63) is 36.4 Å². The maximum Gasteiger partial charge on any atom is 0.243 e. The molecule has 0 atom stereocenters. The molecule has 0 heterocycles. The second-order valence-electron chi connectivity index (χ2n) is 3.97. The number of benzene rings is 1. The minimum atomic E-state index is -3.50. The van der Waals surface area contributed by atoms with E-state index in [0.717, 1.165) is 5.56 Å². The van der Waals surface area contributed by atoms with E-state index < -0.39 is 10.0 Å². The van der Waals surface area contributed by atoms with Gasteiger partial charge < -0.3 is 5.73 Å². The van der Waals surface area contributed by atoms with Crippen molar-refractivity contribution in [2.75, 3.05) is 18.8 Å². The highest BCUT2D eigenvalue weighted by atomic mass is 32.2. The molecule has 0 radical (unpaired) electrons. The first-order valence-electron chi connectivity index (χ1n) is 5.96. The van der Waals surface area contributed by atoms with Gasteiger partial charge in [0.15, 0.2) is 0 Å². The highest BCUT2D eigenvalue weighted by molar-refractivity contribution is 7.89. The van der Waals surface area contributed by atoms with Gasteiger partial charge in [-0.25, -0.2) is 8.42 Å². The van der Waals surface area contributed by atoms with Crippen LogP contribution >= 0.6 is 0 Å². The van der Waals surface area contributed by atoms with Crippen molar-refractivity contribution >= 4 is 15.7 Å². The van der Waals surface area contributed by atoms with Crippen molar-refractivity contribution in [2.24, 2.45) is 0 Å². The van der Waals surface area contributed by atoms with Crippen LogP contribution in [0.15, 0.2) is 35.7 Å². The number of nitrogens with two attached hydrogens (primary N) is 1. The molecule has 1 rings (SSSR count). The smallest absolute Gasteiger partial charge is 0.243 e. The van der Waals surface area contributed by atoms with Gasteiger partial charge in [-0.2, -0.15) is 4.31 Å². The molecule has 1 aromatic rings. The summed E-state index contributed by atoms with van der Waals surface area (Å²) < 4.78 is 26.4. The summed E-state index contributed by atoms with van der Waals surface area (Å²) in [5.41, 5.74) is 6.93. The first-order valence-corrected chi connectivity index (χ1v) is 7.40. The third-order valence-electron chi connectivity index (χ3n) is 2.78. The molecule has 4 nitrogen and oxygen atoms in total. The van der Waals surface area contributed by atoms with Gasteiger partial charge in [0, 0.05) is 18.8 Å². The Morgan fingerprint density at radius 3 is 2.56 bits per heavy atom. The third-order valence-corrected chi connectivity index (χ3v) is 4.80. The highest BCUT2D eigenvalue weighted by Crippen LogP contribution is 2.23. The van der Waals surface area contributed by atoms with Gasteiger partial charge in [0.25, 0.3) is 0 Å². The van der Waals surface area contributed by atoms with Crippen LogP contribution in [-0.4, -0.2) is 25.8 Å². The molecule has 0 spiro atoms. The Morgan fingerprint density at radius 1 is 1.39 bits per heavy atom. The fourth-order valence-corrected chi connectivity index (χ4v) is 3.53. The Bertz CT molecular complexity index is 524. The summed E-state index contributed by atoms with van der Waals surface area (Å²) in [5, 5.41) is 0. The Balaban J connectivity index is 3.34. The molecule has 0 saturated heterocycles. The zero-order chi connectivity index (χ0) is 13.8. The number of hydrogen-bond acceptors (Lipinski definition) is 3. The molecule has 0 unspecified atom stereocenters. The van der Waals surface area contributed by atoms with Crippen molar-refractivity contribution < 1.29 is 8.42 Å². The lowest BCUT2D eigenvalue weighted by Gasteiger charge is -2.20. The summed E-state index contributed by atoms with van der Waals surface area (Å²) in [5.74, 6) is 0. The van der Waals surface area contributed by atoms with Crippen LogP contribution in [0.4, 0.5) is 5.69 Å². The Labute approximate surface area is 109 Å². The topological polar surface area (TPSA) is 63.4 Å². The Hall–Kier alpha value is -1.33. The molecule has 2 N–H and O–H groups in total. The maximum atomic E-state index is 12.5. The molecule has 0 amide bonds. The van der Waals surface area contributed by atoms with Crippen molar-refractivity contribution in [1.29, 1.82) is 0 Å². The van der Waals surface area contributed by atoms with E-state index in [2.05, 4.69) is 6.58 Å². The van der Waals surface area contributed by atoms with E-state index in [1.165, 1.54) is 10.4 Å². The van der Waals surface area contributed by atoms with Crippen LogP contribution in [0.25, 0.3) is 0 Å². The maximum absolute atomic E-state index is 12.5. The summed E-state index contributed by atoms with van der Waals surface area (Å²) in [4.78, 5) is 0.300. The number of aryl methyl sites for hydroxylation is 1. The second-order valence-corrected chi connectivity index (χ2v) is 5.87. The van der Waals surface area contributed by atoms with Crippen molar-refractivity contribution in [3.63, 3.8) is 0 Å². The lowest BCUT2D eigenvalue weighted by Crippen LogP contribution is -2.31. The number of likely N-dealkylation sites (N-methyl/N-ethyl adjacent to an activating group) is 1. The quantitative estimate of drug-likeness (QED) is 0.634. The molecule has 1 aromatic carbocycles. The van der Waals surface area contributed by atoms with Crippen LogP contribution in [0, 0.1) is 0 Å². The number of sulfonamides is 1. The molecule has 0 bridgehead atoms. The number of nitrogen functional groups attached to an aromatic ring is 1. The number of anilines is 1. The van der Waals surface area contributed by atoms with Crippen molar-refractivity contribution in [3.8, 4) is 0 Å². The average Bonchev–Trinajstić information content (AvgIpc) is 2.35. The molecular formula is C13H20N2O2S. The summed E-state index contributed by atoms with van der Waals surface area (Å²) in [7, 11) is -3.50. The molecule has 0 aliphatic rings. The summed E-state index contributed by atoms with van der Waals surface area (Å²) in [6.45, 7) is 8.03. The second kappa shape index (κ2) is 6.02. The summed E-state index contributed by atoms with van der Waals surface area (Å²) >= 11 is 0. The van der Waals surface area contributed by atoms with Gasteiger partial charge in [0.2, 0.25) is 10.0 Å². The van der Waals surface area contributed by atoms with Crippen molar-refractivity contribution in [1.82, 2.24) is 4.31 Å². The van der Waals surface area contributed by atoms with Crippen LogP contribution in [-0.2, 0) is 16.4 Å². The molecule has 0 aliphatic carbocycles. The van der Waals surface area contributed by atoms with Crippen LogP contribution in [0.5, 0.6) is 0 Å². The van der Waals surface area contributed by atoms with Crippen LogP contribution in [0.1, 0.15) is 19.4 Å². The molecule has 100 valence electrons. The van der Waals surface area contributed by atoms with E-state index in [0.29, 0.717) is 30.1 Å². The molecular weight excluding hydrogens is 248 g/mol. The van der Waals surface area contributed by atoms with Gasteiger partial charge in [-0.15, -0.1) is 6.58 Å². The summed E-state index contributed by atoms with van der Waals surface area (Å²) in [6.07, 6.45) is 2.24. The molecule has 0 fully saturated rings. The van der Waals surface area contributed by atoms with Crippen LogP contribution in [0.3, 0.4) is 0 Å². The van der Waals surface area contributed by atoms with E-state index in [1.807, 2.05) is 6.92 Å². The Kier molecular flexibility index (Phi) is 4.93. The number of rotatable bonds is 6. The highest BCUT2D eigenvalue weighted by Gasteiger charge is 2.24. The zero-order valence-corrected chi connectivity index (χ0v) is 11.7.